The van der Waals surface area contributed by atoms with Gasteiger partial charge < -0.3 is 0 Å². The zero-order valence-corrected chi connectivity index (χ0v) is 10.3. The maximum absolute atomic E-state index is 13.5. The zero-order chi connectivity index (χ0) is 14.8. The predicted molar refractivity (Wildman–Crippen MR) is 59.7 cm³/mol. The molecule has 0 bridgehead atoms. The summed E-state index contributed by atoms with van der Waals surface area (Å²) in [5, 5.41) is 8.83. The Morgan fingerprint density at radius 1 is 1.32 bits per heavy atom. The maximum atomic E-state index is 13.5. The van der Waals surface area contributed by atoms with Crippen LogP contribution < -0.4 is 0 Å². The van der Waals surface area contributed by atoms with Gasteiger partial charge in [-0.2, -0.15) is 18.4 Å². The van der Waals surface area contributed by atoms with Gasteiger partial charge in [-0.1, -0.05) is 13.8 Å². The van der Waals surface area contributed by atoms with Crippen molar-refractivity contribution in [3.63, 3.8) is 0 Å². The Labute approximate surface area is 107 Å². The Morgan fingerprint density at radius 2 is 1.89 bits per heavy atom. The highest BCUT2D eigenvalue weighted by Gasteiger charge is 2.33. The lowest BCUT2D eigenvalue weighted by molar-refractivity contribution is -0.137. The van der Waals surface area contributed by atoms with E-state index in [1.165, 1.54) is 0 Å². The molecule has 0 heterocycles. The smallest absolute Gasteiger partial charge is 0.293 e. The lowest BCUT2D eigenvalue weighted by Crippen LogP contribution is -2.20. The highest BCUT2D eigenvalue weighted by Crippen LogP contribution is 2.31. The number of rotatable bonds is 3. The number of nitriles is 1. The summed E-state index contributed by atoms with van der Waals surface area (Å²) in [5.41, 5.74) is -1.81. The van der Waals surface area contributed by atoms with Gasteiger partial charge in [-0.15, -0.1) is 0 Å². The number of ketones is 1. The Morgan fingerprint density at radius 3 is 2.32 bits per heavy atom. The van der Waals surface area contributed by atoms with E-state index >= 15 is 0 Å². The Balaban J connectivity index is 3.28. The van der Waals surface area contributed by atoms with Crippen LogP contribution in [0, 0.1) is 29.0 Å². The van der Waals surface area contributed by atoms with Crippen molar-refractivity contribution in [3.8, 4) is 6.07 Å². The fourth-order valence-corrected chi connectivity index (χ4v) is 1.57. The van der Waals surface area contributed by atoms with Gasteiger partial charge in [-0.3, -0.25) is 4.79 Å². The molecule has 0 saturated carbocycles. The Hall–Kier alpha value is -1.90. The molecule has 0 aliphatic heterocycles. The molecule has 6 heteroatoms. The van der Waals surface area contributed by atoms with Crippen LogP contribution in [0.4, 0.5) is 17.6 Å². The third-order valence-corrected chi connectivity index (χ3v) is 2.65. The van der Waals surface area contributed by atoms with E-state index in [2.05, 4.69) is 0 Å². The first-order chi connectivity index (χ1) is 8.68. The molecule has 1 unspecified atom stereocenters. The van der Waals surface area contributed by atoms with Crippen LogP contribution in [0.2, 0.25) is 0 Å². The minimum atomic E-state index is -4.66. The van der Waals surface area contributed by atoms with Gasteiger partial charge in [0.15, 0.2) is 5.78 Å². The molecule has 0 aliphatic rings. The van der Waals surface area contributed by atoms with Gasteiger partial charge in [0, 0.05) is 0 Å². The molecule has 1 rings (SSSR count). The van der Waals surface area contributed by atoms with Crippen molar-refractivity contribution in [2.75, 3.05) is 0 Å². The van der Waals surface area contributed by atoms with E-state index < -0.39 is 40.7 Å². The quantitative estimate of drug-likeness (QED) is 0.620. The number of halogens is 4. The van der Waals surface area contributed by atoms with Crippen molar-refractivity contribution in [1.82, 2.24) is 0 Å². The standard InChI is InChI=1S/C13H11F4NO/c1-7(2)10(6-18)12(19)9-5-8(13(15,16)17)3-4-11(9)14/h3-5,7,10H,1-2H3. The molecule has 0 amide bonds. The molecule has 0 fully saturated rings. The van der Waals surface area contributed by atoms with E-state index in [4.69, 9.17) is 5.26 Å². The van der Waals surface area contributed by atoms with E-state index in [9.17, 15) is 22.4 Å². The molecule has 102 valence electrons. The van der Waals surface area contributed by atoms with Crippen LogP contribution >= 0.6 is 0 Å². The van der Waals surface area contributed by atoms with Crippen LogP contribution in [-0.4, -0.2) is 5.78 Å². The number of alkyl halides is 3. The third kappa shape index (κ3) is 3.31. The van der Waals surface area contributed by atoms with Crippen LogP contribution in [-0.2, 0) is 6.18 Å². The van der Waals surface area contributed by atoms with Crippen molar-refractivity contribution in [3.05, 3.63) is 35.1 Å². The van der Waals surface area contributed by atoms with Gasteiger partial charge in [0.05, 0.1) is 17.2 Å². The first kappa shape index (κ1) is 15.2. The molecule has 2 nitrogen and oxygen atoms in total. The largest absolute Gasteiger partial charge is 0.416 e. The highest BCUT2D eigenvalue weighted by atomic mass is 19.4. The number of nitrogens with zero attached hydrogens (tertiary/aromatic N) is 1. The third-order valence-electron chi connectivity index (χ3n) is 2.65. The van der Waals surface area contributed by atoms with Crippen LogP contribution in [0.1, 0.15) is 29.8 Å². The van der Waals surface area contributed by atoms with Crippen molar-refractivity contribution >= 4 is 5.78 Å². The second-order valence-corrected chi connectivity index (χ2v) is 4.41. The summed E-state index contributed by atoms with van der Waals surface area (Å²) in [6.45, 7) is 3.13. The molecule has 0 radical (unpaired) electrons. The molecule has 0 saturated heterocycles. The number of benzene rings is 1. The molecule has 0 aromatic heterocycles. The predicted octanol–water partition coefficient (Wildman–Crippen LogP) is 3.82. The van der Waals surface area contributed by atoms with E-state index in [-0.39, 0.29) is 0 Å². The number of Topliss-reactive ketones (excluding diaryl/α,β-unsaturated/α-hetero) is 1. The van der Waals surface area contributed by atoms with Gasteiger partial charge in [-0.25, -0.2) is 4.39 Å². The minimum Gasteiger partial charge on any atom is -0.293 e. The first-order valence-electron chi connectivity index (χ1n) is 5.49. The molecule has 0 N–H and O–H groups in total. The fraction of sp³-hybridized carbons (Fsp3) is 0.385. The van der Waals surface area contributed by atoms with Crippen molar-refractivity contribution in [1.29, 1.82) is 5.26 Å². The van der Waals surface area contributed by atoms with Crippen LogP contribution in [0.5, 0.6) is 0 Å². The number of carbonyl (C=O) groups excluding carboxylic acids is 1. The summed E-state index contributed by atoms with van der Waals surface area (Å²) in [7, 11) is 0. The van der Waals surface area contributed by atoms with Crippen LogP contribution in [0.3, 0.4) is 0 Å². The Kier molecular flexibility index (Phi) is 4.30. The molecule has 0 spiro atoms. The lowest BCUT2D eigenvalue weighted by atomic mass is 9.88. The summed E-state index contributed by atoms with van der Waals surface area (Å²) >= 11 is 0. The second-order valence-electron chi connectivity index (χ2n) is 4.41. The topological polar surface area (TPSA) is 40.9 Å². The highest BCUT2D eigenvalue weighted by molar-refractivity contribution is 5.99. The molecular formula is C13H11F4NO. The van der Waals surface area contributed by atoms with Crippen molar-refractivity contribution in [2.45, 2.75) is 20.0 Å². The number of hydrogen-bond donors (Lipinski definition) is 0. The van der Waals surface area contributed by atoms with E-state index in [1.54, 1.807) is 19.9 Å². The van der Waals surface area contributed by atoms with Gasteiger partial charge in [0.2, 0.25) is 0 Å². The van der Waals surface area contributed by atoms with Gasteiger partial charge in [-0.05, 0) is 24.1 Å². The minimum absolute atomic E-state index is 0.411. The lowest BCUT2D eigenvalue weighted by Gasteiger charge is -2.14. The van der Waals surface area contributed by atoms with E-state index in [1.807, 2.05) is 0 Å². The second kappa shape index (κ2) is 5.39. The van der Waals surface area contributed by atoms with Crippen LogP contribution in [0.15, 0.2) is 18.2 Å². The van der Waals surface area contributed by atoms with E-state index in [0.29, 0.717) is 18.2 Å². The molecular weight excluding hydrogens is 262 g/mol. The normalized spacial score (nSPS) is 13.2. The monoisotopic (exact) mass is 273 g/mol. The summed E-state index contributed by atoms with van der Waals surface area (Å²) in [6, 6.07) is 3.28. The van der Waals surface area contributed by atoms with Crippen molar-refractivity contribution < 1.29 is 22.4 Å². The molecule has 1 aromatic carbocycles. The summed E-state index contributed by atoms with van der Waals surface area (Å²) in [5.74, 6) is -3.57. The average Bonchev–Trinajstić information content (AvgIpc) is 2.28. The van der Waals surface area contributed by atoms with Gasteiger partial charge in [0.25, 0.3) is 0 Å². The van der Waals surface area contributed by atoms with Gasteiger partial charge in [0.1, 0.15) is 11.7 Å². The zero-order valence-electron chi connectivity index (χ0n) is 10.3. The molecule has 1 atom stereocenters. The molecule has 1 aromatic rings. The summed E-state index contributed by atoms with van der Waals surface area (Å²) in [4.78, 5) is 11.9. The Bertz CT molecular complexity index is 528. The maximum Gasteiger partial charge on any atom is 0.416 e. The number of carbonyl (C=O) groups is 1. The summed E-state index contributed by atoms with van der Waals surface area (Å²) < 4.78 is 51.0. The summed E-state index contributed by atoms with van der Waals surface area (Å²) in [6.07, 6.45) is -4.66. The van der Waals surface area contributed by atoms with E-state index in [0.717, 1.165) is 0 Å². The first-order valence-corrected chi connectivity index (χ1v) is 5.49. The fourth-order valence-electron chi connectivity index (χ4n) is 1.57. The van der Waals surface area contributed by atoms with Gasteiger partial charge >= 0.3 is 6.18 Å². The number of hydrogen-bond acceptors (Lipinski definition) is 2. The molecule has 19 heavy (non-hydrogen) atoms. The molecule has 0 aliphatic carbocycles. The average molecular weight is 273 g/mol. The van der Waals surface area contributed by atoms with Crippen LogP contribution in [0.25, 0.3) is 0 Å². The SMILES string of the molecule is CC(C)C(C#N)C(=O)c1cc(C(F)(F)F)ccc1F. The van der Waals surface area contributed by atoms with Crippen molar-refractivity contribution in [2.24, 2.45) is 11.8 Å².